The molecule has 1 aromatic heterocycles. The van der Waals surface area contributed by atoms with Crippen LogP contribution < -0.4 is 5.32 Å². The highest BCUT2D eigenvalue weighted by Gasteiger charge is 2.21. The lowest BCUT2D eigenvalue weighted by atomic mass is 10.1. The molecule has 1 saturated heterocycles. The summed E-state index contributed by atoms with van der Waals surface area (Å²) >= 11 is 0. The molecular weight excluding hydrogens is 180 g/mol. The number of nitrogens with zero attached hydrogens (tertiary/aromatic N) is 1. The Bertz CT molecular complexity index is 279. The molecule has 0 aliphatic carbocycles. The van der Waals surface area contributed by atoms with Gasteiger partial charge in [0.05, 0.1) is 12.8 Å². The van der Waals surface area contributed by atoms with E-state index < -0.39 is 0 Å². The van der Waals surface area contributed by atoms with Crippen LogP contribution in [-0.2, 0) is 11.2 Å². The maximum Gasteiger partial charge on any atom is 0.195 e. The lowest BCUT2D eigenvalue weighted by Gasteiger charge is -2.00. The quantitative estimate of drug-likeness (QED) is 0.778. The molecule has 14 heavy (non-hydrogen) atoms. The van der Waals surface area contributed by atoms with Crippen molar-refractivity contribution < 1.29 is 9.15 Å². The molecule has 0 amide bonds. The van der Waals surface area contributed by atoms with E-state index in [0.29, 0.717) is 5.92 Å². The summed E-state index contributed by atoms with van der Waals surface area (Å²) in [4.78, 5) is 4.24. The van der Waals surface area contributed by atoms with Crippen LogP contribution in [0.15, 0.2) is 10.6 Å². The van der Waals surface area contributed by atoms with E-state index in [2.05, 4.69) is 10.3 Å². The highest BCUT2D eigenvalue weighted by Crippen LogP contribution is 2.25. The minimum Gasteiger partial charge on any atom is -0.445 e. The smallest absolute Gasteiger partial charge is 0.195 e. The number of hydrogen-bond acceptors (Lipinski definition) is 4. The standard InChI is InChI=1S/C10H16N2O2/c1-11-4-2-10-12-6-9(14-10)8-3-5-13-7-8/h6,8,11H,2-5,7H2,1H3. The van der Waals surface area contributed by atoms with Crippen molar-refractivity contribution in [3.8, 4) is 0 Å². The van der Waals surface area contributed by atoms with E-state index in [1.54, 1.807) is 0 Å². The van der Waals surface area contributed by atoms with Crippen LogP contribution >= 0.6 is 0 Å². The average molecular weight is 196 g/mol. The normalized spacial score (nSPS) is 21.6. The van der Waals surface area contributed by atoms with Crippen molar-refractivity contribution in [3.63, 3.8) is 0 Å². The number of ether oxygens (including phenoxy) is 1. The molecule has 0 spiro atoms. The second kappa shape index (κ2) is 4.57. The SMILES string of the molecule is CNCCc1ncc(C2CCOC2)o1. The van der Waals surface area contributed by atoms with Crippen LogP contribution in [-0.4, -0.2) is 31.8 Å². The second-order valence-corrected chi connectivity index (χ2v) is 3.57. The van der Waals surface area contributed by atoms with Gasteiger partial charge in [0.2, 0.25) is 0 Å². The molecule has 1 aliphatic rings. The van der Waals surface area contributed by atoms with Gasteiger partial charge in [0.15, 0.2) is 5.89 Å². The summed E-state index contributed by atoms with van der Waals surface area (Å²) in [5.41, 5.74) is 0. The van der Waals surface area contributed by atoms with Gasteiger partial charge >= 0.3 is 0 Å². The molecule has 78 valence electrons. The zero-order valence-electron chi connectivity index (χ0n) is 8.45. The second-order valence-electron chi connectivity index (χ2n) is 3.57. The Kier molecular flexibility index (Phi) is 3.16. The Balaban J connectivity index is 1.94. The fourth-order valence-electron chi connectivity index (χ4n) is 1.62. The third-order valence-electron chi connectivity index (χ3n) is 2.49. The van der Waals surface area contributed by atoms with E-state index in [0.717, 1.165) is 44.3 Å². The Hall–Kier alpha value is -0.870. The third-order valence-corrected chi connectivity index (χ3v) is 2.49. The minimum atomic E-state index is 0.422. The van der Waals surface area contributed by atoms with Gasteiger partial charge in [-0.25, -0.2) is 4.98 Å². The molecule has 0 saturated carbocycles. The Morgan fingerprint density at radius 1 is 1.64 bits per heavy atom. The molecule has 1 aromatic rings. The predicted octanol–water partition coefficient (Wildman–Crippen LogP) is 0.940. The van der Waals surface area contributed by atoms with Gasteiger partial charge in [-0.05, 0) is 13.5 Å². The van der Waals surface area contributed by atoms with Crippen LogP contribution in [0.3, 0.4) is 0 Å². The van der Waals surface area contributed by atoms with Crippen molar-refractivity contribution in [2.24, 2.45) is 0 Å². The van der Waals surface area contributed by atoms with Crippen molar-refractivity contribution in [2.45, 2.75) is 18.8 Å². The van der Waals surface area contributed by atoms with Gasteiger partial charge in [0, 0.05) is 25.5 Å². The molecule has 1 aliphatic heterocycles. The number of rotatable bonds is 4. The summed E-state index contributed by atoms with van der Waals surface area (Å²) in [5, 5.41) is 3.07. The summed E-state index contributed by atoms with van der Waals surface area (Å²) in [6, 6.07) is 0. The van der Waals surface area contributed by atoms with Gasteiger partial charge in [0.1, 0.15) is 5.76 Å². The molecule has 2 heterocycles. The average Bonchev–Trinajstić information content (AvgIpc) is 2.85. The number of hydrogen-bond donors (Lipinski definition) is 1. The van der Waals surface area contributed by atoms with Crippen LogP contribution in [0.5, 0.6) is 0 Å². The first kappa shape index (κ1) is 9.68. The van der Waals surface area contributed by atoms with Gasteiger partial charge < -0.3 is 14.5 Å². The van der Waals surface area contributed by atoms with Gasteiger partial charge in [-0.3, -0.25) is 0 Å². The van der Waals surface area contributed by atoms with Gasteiger partial charge in [-0.15, -0.1) is 0 Å². The van der Waals surface area contributed by atoms with Crippen molar-refractivity contribution in [1.82, 2.24) is 10.3 Å². The van der Waals surface area contributed by atoms with E-state index in [-0.39, 0.29) is 0 Å². The number of likely N-dealkylation sites (N-methyl/N-ethyl adjacent to an activating group) is 1. The molecule has 0 aromatic carbocycles. The molecule has 1 unspecified atom stereocenters. The highest BCUT2D eigenvalue weighted by atomic mass is 16.5. The summed E-state index contributed by atoms with van der Waals surface area (Å²) in [6.07, 6.45) is 3.75. The van der Waals surface area contributed by atoms with E-state index in [9.17, 15) is 0 Å². The van der Waals surface area contributed by atoms with E-state index in [4.69, 9.17) is 9.15 Å². The molecule has 0 radical (unpaired) electrons. The molecule has 4 heteroatoms. The van der Waals surface area contributed by atoms with Gasteiger partial charge in [-0.2, -0.15) is 0 Å². The minimum absolute atomic E-state index is 0.422. The number of aromatic nitrogens is 1. The van der Waals surface area contributed by atoms with Crippen LogP contribution in [0.4, 0.5) is 0 Å². The van der Waals surface area contributed by atoms with Crippen LogP contribution in [0, 0.1) is 0 Å². The summed E-state index contributed by atoms with van der Waals surface area (Å²) in [6.45, 7) is 2.53. The zero-order chi connectivity index (χ0) is 9.80. The van der Waals surface area contributed by atoms with Gasteiger partial charge in [0.25, 0.3) is 0 Å². The lowest BCUT2D eigenvalue weighted by molar-refractivity contribution is 0.191. The van der Waals surface area contributed by atoms with Crippen LogP contribution in [0.1, 0.15) is 24.0 Å². The number of nitrogens with one attached hydrogen (secondary N) is 1. The Morgan fingerprint density at radius 2 is 2.57 bits per heavy atom. The maximum atomic E-state index is 5.64. The number of oxazole rings is 1. The van der Waals surface area contributed by atoms with Crippen molar-refractivity contribution >= 4 is 0 Å². The first-order valence-corrected chi connectivity index (χ1v) is 5.07. The lowest BCUT2D eigenvalue weighted by Crippen LogP contribution is -2.10. The molecule has 2 rings (SSSR count). The maximum absolute atomic E-state index is 5.64. The molecule has 1 atom stereocenters. The topological polar surface area (TPSA) is 47.3 Å². The zero-order valence-corrected chi connectivity index (χ0v) is 8.45. The van der Waals surface area contributed by atoms with Crippen LogP contribution in [0.25, 0.3) is 0 Å². The molecular formula is C10H16N2O2. The fourth-order valence-corrected chi connectivity index (χ4v) is 1.62. The third kappa shape index (κ3) is 2.13. The summed E-state index contributed by atoms with van der Waals surface area (Å²) in [7, 11) is 1.93. The Morgan fingerprint density at radius 3 is 3.29 bits per heavy atom. The first-order chi connectivity index (χ1) is 6.90. The highest BCUT2D eigenvalue weighted by molar-refractivity contribution is 5.03. The van der Waals surface area contributed by atoms with Crippen molar-refractivity contribution in [3.05, 3.63) is 17.8 Å². The van der Waals surface area contributed by atoms with E-state index in [1.165, 1.54) is 0 Å². The van der Waals surface area contributed by atoms with Gasteiger partial charge in [-0.1, -0.05) is 0 Å². The molecule has 1 fully saturated rings. The largest absolute Gasteiger partial charge is 0.445 e. The van der Waals surface area contributed by atoms with Crippen LogP contribution in [0.2, 0.25) is 0 Å². The summed E-state index contributed by atoms with van der Waals surface area (Å²) < 4.78 is 10.9. The predicted molar refractivity (Wildman–Crippen MR) is 52.3 cm³/mol. The molecule has 0 bridgehead atoms. The monoisotopic (exact) mass is 196 g/mol. The van der Waals surface area contributed by atoms with E-state index in [1.807, 2.05) is 13.2 Å². The molecule has 1 N–H and O–H groups in total. The summed E-state index contributed by atoms with van der Waals surface area (Å²) in [5.74, 6) is 2.22. The Labute approximate surface area is 83.7 Å². The van der Waals surface area contributed by atoms with E-state index >= 15 is 0 Å². The first-order valence-electron chi connectivity index (χ1n) is 5.07. The van der Waals surface area contributed by atoms with Crippen molar-refractivity contribution in [1.29, 1.82) is 0 Å². The molecule has 4 nitrogen and oxygen atoms in total. The van der Waals surface area contributed by atoms with Crippen molar-refractivity contribution in [2.75, 3.05) is 26.8 Å². The fraction of sp³-hybridized carbons (Fsp3) is 0.700.